The molecule has 0 fully saturated rings. The van der Waals surface area contributed by atoms with Crippen LogP contribution in [0.25, 0.3) is 0 Å². The number of hydrogen-bond acceptors (Lipinski definition) is 6. The third kappa shape index (κ3) is 4.15. The highest BCUT2D eigenvalue weighted by molar-refractivity contribution is 7.89. The van der Waals surface area contributed by atoms with Gasteiger partial charge in [-0.3, -0.25) is 4.98 Å². The first-order chi connectivity index (χ1) is 10.8. The van der Waals surface area contributed by atoms with Gasteiger partial charge in [-0.1, -0.05) is 11.2 Å². The Morgan fingerprint density at radius 1 is 1.22 bits per heavy atom. The molecule has 0 aliphatic heterocycles. The SMILES string of the molecule is Cc1noc(C)c1S(=O)(=O)N(CCN(C)C)Cc1cccnc1. The van der Waals surface area contributed by atoms with E-state index in [1.807, 2.05) is 25.1 Å². The monoisotopic (exact) mass is 338 g/mol. The predicted molar refractivity (Wildman–Crippen MR) is 86.4 cm³/mol. The van der Waals surface area contributed by atoms with Crippen LogP contribution in [0.1, 0.15) is 17.0 Å². The molecule has 0 amide bonds. The van der Waals surface area contributed by atoms with Crippen LogP contribution >= 0.6 is 0 Å². The van der Waals surface area contributed by atoms with Crippen LogP contribution in [-0.2, 0) is 16.6 Å². The molecule has 2 aromatic heterocycles. The molecule has 7 nitrogen and oxygen atoms in total. The summed E-state index contributed by atoms with van der Waals surface area (Å²) in [6.45, 7) is 4.49. The molecule has 2 rings (SSSR count). The molecule has 2 aromatic rings. The van der Waals surface area contributed by atoms with Gasteiger partial charge in [0.1, 0.15) is 10.6 Å². The van der Waals surface area contributed by atoms with Crippen molar-refractivity contribution < 1.29 is 12.9 Å². The van der Waals surface area contributed by atoms with E-state index >= 15 is 0 Å². The molecule has 0 N–H and O–H groups in total. The van der Waals surface area contributed by atoms with Crippen molar-refractivity contribution in [1.82, 2.24) is 19.3 Å². The standard InChI is InChI=1S/C15H22N4O3S/c1-12-15(13(2)22-17-12)23(20,21)19(9-8-18(3)4)11-14-6-5-7-16-10-14/h5-7,10H,8-9,11H2,1-4H3. The van der Waals surface area contributed by atoms with E-state index in [0.717, 1.165) is 5.56 Å². The van der Waals surface area contributed by atoms with E-state index in [-0.39, 0.29) is 11.4 Å². The number of hydrogen-bond donors (Lipinski definition) is 0. The van der Waals surface area contributed by atoms with E-state index in [1.165, 1.54) is 4.31 Å². The van der Waals surface area contributed by atoms with Crippen molar-refractivity contribution in [3.63, 3.8) is 0 Å². The Balaban J connectivity index is 2.36. The smallest absolute Gasteiger partial charge is 0.248 e. The number of pyridine rings is 1. The maximum absolute atomic E-state index is 13.0. The molecule has 0 saturated heterocycles. The van der Waals surface area contributed by atoms with Gasteiger partial charge in [0.15, 0.2) is 5.76 Å². The van der Waals surface area contributed by atoms with Crippen molar-refractivity contribution in [2.45, 2.75) is 25.3 Å². The fourth-order valence-electron chi connectivity index (χ4n) is 2.26. The van der Waals surface area contributed by atoms with Gasteiger partial charge in [-0.2, -0.15) is 4.31 Å². The van der Waals surface area contributed by atoms with Gasteiger partial charge in [-0.25, -0.2) is 8.42 Å². The Kier molecular flexibility index (Phi) is 5.51. The average Bonchev–Trinajstić information content (AvgIpc) is 2.83. The van der Waals surface area contributed by atoms with Crippen LogP contribution in [0.4, 0.5) is 0 Å². The third-order valence-corrected chi connectivity index (χ3v) is 5.53. The van der Waals surface area contributed by atoms with Gasteiger partial charge in [0.25, 0.3) is 0 Å². The highest BCUT2D eigenvalue weighted by Crippen LogP contribution is 2.24. The summed E-state index contributed by atoms with van der Waals surface area (Å²) in [7, 11) is 0.125. The van der Waals surface area contributed by atoms with Crippen molar-refractivity contribution >= 4 is 10.0 Å². The van der Waals surface area contributed by atoms with Gasteiger partial charge in [0.2, 0.25) is 10.0 Å². The molecule has 0 aliphatic rings. The van der Waals surface area contributed by atoms with Crippen LogP contribution in [-0.4, -0.2) is 54.9 Å². The summed E-state index contributed by atoms with van der Waals surface area (Å²) in [5.41, 5.74) is 1.21. The molecule has 0 aliphatic carbocycles. The average molecular weight is 338 g/mol. The van der Waals surface area contributed by atoms with E-state index in [0.29, 0.717) is 24.5 Å². The van der Waals surface area contributed by atoms with Gasteiger partial charge in [0, 0.05) is 32.0 Å². The zero-order valence-corrected chi connectivity index (χ0v) is 14.7. The number of aromatic nitrogens is 2. The van der Waals surface area contributed by atoms with Crippen molar-refractivity contribution in [2.24, 2.45) is 0 Å². The fourth-order valence-corrected chi connectivity index (χ4v) is 3.97. The van der Waals surface area contributed by atoms with Crippen LogP contribution in [0, 0.1) is 13.8 Å². The molecule has 126 valence electrons. The quantitative estimate of drug-likeness (QED) is 0.760. The Morgan fingerprint density at radius 3 is 2.48 bits per heavy atom. The van der Waals surface area contributed by atoms with Gasteiger partial charge >= 0.3 is 0 Å². The molecule has 0 bridgehead atoms. The molecule has 0 unspecified atom stereocenters. The first kappa shape index (κ1) is 17.6. The van der Waals surface area contributed by atoms with Crippen molar-refractivity contribution in [3.8, 4) is 0 Å². The summed E-state index contributed by atoms with van der Waals surface area (Å²) < 4.78 is 32.5. The molecular formula is C15H22N4O3S. The minimum absolute atomic E-state index is 0.153. The van der Waals surface area contributed by atoms with E-state index in [2.05, 4.69) is 10.1 Å². The van der Waals surface area contributed by atoms with E-state index in [4.69, 9.17) is 4.52 Å². The lowest BCUT2D eigenvalue weighted by atomic mass is 10.3. The zero-order chi connectivity index (χ0) is 17.0. The Labute approximate surface area is 137 Å². The van der Waals surface area contributed by atoms with E-state index in [9.17, 15) is 8.42 Å². The largest absolute Gasteiger partial charge is 0.360 e. The second kappa shape index (κ2) is 7.20. The molecule has 0 atom stereocenters. The van der Waals surface area contributed by atoms with Gasteiger partial charge in [-0.05, 0) is 39.6 Å². The molecule has 0 spiro atoms. The first-order valence-electron chi connectivity index (χ1n) is 7.29. The lowest BCUT2D eigenvalue weighted by Gasteiger charge is -2.23. The minimum atomic E-state index is -3.69. The number of sulfonamides is 1. The highest BCUT2D eigenvalue weighted by atomic mass is 32.2. The van der Waals surface area contributed by atoms with Crippen molar-refractivity contribution in [2.75, 3.05) is 27.2 Å². The second-order valence-electron chi connectivity index (χ2n) is 5.66. The Bertz CT molecular complexity index is 722. The molecule has 0 aromatic carbocycles. The van der Waals surface area contributed by atoms with Crippen molar-refractivity contribution in [1.29, 1.82) is 0 Å². The fraction of sp³-hybridized carbons (Fsp3) is 0.467. The summed E-state index contributed by atoms with van der Waals surface area (Å²) in [6, 6.07) is 3.65. The van der Waals surface area contributed by atoms with Crippen LogP contribution in [0.15, 0.2) is 33.9 Å². The molecule has 8 heteroatoms. The topological polar surface area (TPSA) is 79.5 Å². The van der Waals surface area contributed by atoms with Crippen molar-refractivity contribution in [3.05, 3.63) is 41.5 Å². The maximum atomic E-state index is 13.0. The van der Waals surface area contributed by atoms with E-state index < -0.39 is 10.0 Å². The molecule has 0 radical (unpaired) electrons. The lowest BCUT2D eigenvalue weighted by Crippen LogP contribution is -2.36. The Hall–Kier alpha value is -1.77. The summed E-state index contributed by atoms with van der Waals surface area (Å²) in [4.78, 5) is 6.15. The lowest BCUT2D eigenvalue weighted by molar-refractivity contribution is 0.328. The summed E-state index contributed by atoms with van der Waals surface area (Å²) in [6.07, 6.45) is 3.34. The zero-order valence-electron chi connectivity index (χ0n) is 13.9. The number of nitrogens with zero attached hydrogens (tertiary/aromatic N) is 4. The van der Waals surface area contributed by atoms with Gasteiger partial charge in [-0.15, -0.1) is 0 Å². The molecule has 23 heavy (non-hydrogen) atoms. The normalized spacial score (nSPS) is 12.3. The first-order valence-corrected chi connectivity index (χ1v) is 8.73. The maximum Gasteiger partial charge on any atom is 0.248 e. The second-order valence-corrected chi connectivity index (χ2v) is 7.53. The molecule has 0 saturated carbocycles. The molecular weight excluding hydrogens is 316 g/mol. The predicted octanol–water partition coefficient (Wildman–Crippen LogP) is 1.44. The Morgan fingerprint density at radius 2 is 1.96 bits per heavy atom. The third-order valence-electron chi connectivity index (χ3n) is 3.44. The van der Waals surface area contributed by atoms with Gasteiger partial charge in [0.05, 0.1) is 0 Å². The number of aryl methyl sites for hydroxylation is 2. The van der Waals surface area contributed by atoms with Gasteiger partial charge < -0.3 is 9.42 Å². The highest BCUT2D eigenvalue weighted by Gasteiger charge is 2.31. The van der Waals surface area contributed by atoms with Crippen LogP contribution < -0.4 is 0 Å². The number of rotatable bonds is 7. The summed E-state index contributed by atoms with van der Waals surface area (Å²) >= 11 is 0. The summed E-state index contributed by atoms with van der Waals surface area (Å²) in [5, 5.41) is 3.76. The number of likely N-dealkylation sites (N-methyl/N-ethyl adjacent to an activating group) is 1. The van der Waals surface area contributed by atoms with E-state index in [1.54, 1.807) is 32.3 Å². The van der Waals surface area contributed by atoms with Crippen LogP contribution in [0.2, 0.25) is 0 Å². The molecule has 2 heterocycles. The van der Waals surface area contributed by atoms with Crippen LogP contribution in [0.3, 0.4) is 0 Å². The minimum Gasteiger partial charge on any atom is -0.360 e. The van der Waals surface area contributed by atoms with Crippen LogP contribution in [0.5, 0.6) is 0 Å². The summed E-state index contributed by atoms with van der Waals surface area (Å²) in [5.74, 6) is 0.309.